The van der Waals surface area contributed by atoms with Gasteiger partial charge in [-0.25, -0.2) is 5.43 Å². The van der Waals surface area contributed by atoms with E-state index in [2.05, 4.69) is 10.5 Å². The molecular formula is C14H13ClN2O3S. The van der Waals surface area contributed by atoms with Gasteiger partial charge in [-0.05, 0) is 37.3 Å². The third-order valence-electron chi connectivity index (χ3n) is 2.70. The minimum absolute atomic E-state index is 0.0260. The number of thiophene rings is 1. The number of halogens is 1. The molecule has 110 valence electrons. The van der Waals surface area contributed by atoms with Crippen molar-refractivity contribution in [2.75, 3.05) is 7.11 Å². The number of hydrogen-bond acceptors (Lipinski definition) is 5. The van der Waals surface area contributed by atoms with Gasteiger partial charge < -0.3 is 9.84 Å². The number of nitrogens with one attached hydrogen (secondary N) is 1. The van der Waals surface area contributed by atoms with Crippen molar-refractivity contribution in [3.05, 3.63) is 45.1 Å². The number of phenols is 1. The molecule has 0 bridgehead atoms. The molecule has 1 heterocycles. The Morgan fingerprint density at radius 3 is 2.76 bits per heavy atom. The van der Waals surface area contributed by atoms with Crippen molar-refractivity contribution in [2.45, 2.75) is 6.92 Å². The Kier molecular flexibility index (Phi) is 4.82. The van der Waals surface area contributed by atoms with Crippen LogP contribution in [0.1, 0.15) is 22.2 Å². The van der Waals surface area contributed by atoms with E-state index >= 15 is 0 Å². The number of phenolic OH excluding ortho intramolecular Hbond substituents is 1. The summed E-state index contributed by atoms with van der Waals surface area (Å²) in [5.74, 6) is -0.189. The van der Waals surface area contributed by atoms with Crippen LogP contribution < -0.4 is 10.2 Å². The number of ether oxygens (including phenoxy) is 1. The number of aromatic hydroxyl groups is 1. The van der Waals surface area contributed by atoms with Crippen LogP contribution in [-0.4, -0.2) is 23.8 Å². The summed E-state index contributed by atoms with van der Waals surface area (Å²) in [5.41, 5.74) is 3.45. The lowest BCUT2D eigenvalue weighted by molar-refractivity contribution is 0.0954. The van der Waals surface area contributed by atoms with Crippen LogP contribution in [0.4, 0.5) is 0 Å². The van der Waals surface area contributed by atoms with Crippen LogP contribution in [-0.2, 0) is 0 Å². The van der Waals surface area contributed by atoms with Gasteiger partial charge in [0.2, 0.25) is 0 Å². The van der Waals surface area contributed by atoms with Crippen molar-refractivity contribution in [2.24, 2.45) is 5.10 Å². The van der Waals surface area contributed by atoms with Gasteiger partial charge >= 0.3 is 0 Å². The summed E-state index contributed by atoms with van der Waals surface area (Å²) in [4.78, 5) is 12.9. The lowest BCUT2D eigenvalue weighted by atomic mass is 10.2. The number of carbonyl (C=O) groups excluding carboxylic acids is 1. The maximum atomic E-state index is 12.0. The maximum Gasteiger partial charge on any atom is 0.271 e. The second-order valence-corrected chi connectivity index (χ2v) is 5.84. The standard InChI is InChI=1S/C14H13ClN2O3S/c1-8(12-5-6-13(15)21-12)16-17-14(19)9-3-4-10(18)11(7-9)20-2/h3-7,18H,1-2H3,(H,17,19)/b16-8+. The molecule has 0 spiro atoms. The Morgan fingerprint density at radius 1 is 1.38 bits per heavy atom. The van der Waals surface area contributed by atoms with Gasteiger partial charge in [0.1, 0.15) is 0 Å². The minimum atomic E-state index is -0.393. The zero-order valence-electron chi connectivity index (χ0n) is 11.4. The number of benzene rings is 1. The molecule has 5 nitrogen and oxygen atoms in total. The number of carbonyl (C=O) groups is 1. The van der Waals surface area contributed by atoms with Crippen molar-refractivity contribution in [1.29, 1.82) is 0 Å². The largest absolute Gasteiger partial charge is 0.504 e. The van der Waals surface area contributed by atoms with E-state index in [-0.39, 0.29) is 11.5 Å². The van der Waals surface area contributed by atoms with E-state index in [1.54, 1.807) is 13.0 Å². The Balaban J connectivity index is 2.11. The van der Waals surface area contributed by atoms with Crippen LogP contribution >= 0.6 is 22.9 Å². The van der Waals surface area contributed by atoms with Crippen molar-refractivity contribution in [3.8, 4) is 11.5 Å². The predicted octanol–water partition coefficient (Wildman–Crippen LogP) is 3.27. The van der Waals surface area contributed by atoms with Gasteiger partial charge in [0.15, 0.2) is 11.5 Å². The average molecular weight is 325 g/mol. The molecule has 0 saturated heterocycles. The van der Waals surface area contributed by atoms with Crippen LogP contribution in [0, 0.1) is 0 Å². The minimum Gasteiger partial charge on any atom is -0.504 e. The van der Waals surface area contributed by atoms with Crippen LogP contribution in [0.3, 0.4) is 0 Å². The van der Waals surface area contributed by atoms with Crippen molar-refractivity contribution in [3.63, 3.8) is 0 Å². The first kappa shape index (κ1) is 15.3. The lowest BCUT2D eigenvalue weighted by Crippen LogP contribution is -2.19. The monoisotopic (exact) mass is 324 g/mol. The molecule has 0 unspecified atom stereocenters. The molecule has 1 aromatic heterocycles. The normalized spacial score (nSPS) is 11.3. The highest BCUT2D eigenvalue weighted by molar-refractivity contribution is 7.18. The summed E-state index contributed by atoms with van der Waals surface area (Å²) in [6.45, 7) is 1.78. The average Bonchev–Trinajstić information content (AvgIpc) is 2.91. The first-order valence-corrected chi connectivity index (χ1v) is 7.18. The zero-order valence-corrected chi connectivity index (χ0v) is 13.0. The van der Waals surface area contributed by atoms with Crippen LogP contribution in [0.15, 0.2) is 35.4 Å². The van der Waals surface area contributed by atoms with Gasteiger partial charge in [0, 0.05) is 5.56 Å². The van der Waals surface area contributed by atoms with Crippen LogP contribution in [0.25, 0.3) is 0 Å². The number of methoxy groups -OCH3 is 1. The zero-order chi connectivity index (χ0) is 15.4. The first-order valence-electron chi connectivity index (χ1n) is 5.98. The summed E-state index contributed by atoms with van der Waals surface area (Å²) in [6.07, 6.45) is 0. The van der Waals surface area contributed by atoms with Gasteiger partial charge in [0.05, 0.1) is 22.0 Å². The summed E-state index contributed by atoms with van der Waals surface area (Å²) in [5, 5.41) is 13.5. The Hall–Kier alpha value is -2.05. The number of rotatable bonds is 4. The lowest BCUT2D eigenvalue weighted by Gasteiger charge is -2.06. The Bertz CT molecular complexity index is 697. The van der Waals surface area contributed by atoms with Gasteiger partial charge in [-0.2, -0.15) is 5.10 Å². The SMILES string of the molecule is COc1cc(C(=O)N/N=C(\C)c2ccc(Cl)s2)ccc1O. The van der Waals surface area contributed by atoms with E-state index in [0.717, 1.165) is 4.88 Å². The molecule has 1 amide bonds. The van der Waals surface area contributed by atoms with Crippen molar-refractivity contribution in [1.82, 2.24) is 5.43 Å². The summed E-state index contributed by atoms with van der Waals surface area (Å²) in [7, 11) is 1.42. The fraction of sp³-hybridized carbons (Fsp3) is 0.143. The smallest absolute Gasteiger partial charge is 0.271 e. The van der Waals surface area contributed by atoms with E-state index in [1.165, 1.54) is 36.6 Å². The number of hydrazone groups is 1. The highest BCUT2D eigenvalue weighted by atomic mass is 35.5. The molecule has 2 rings (SSSR count). The first-order chi connectivity index (χ1) is 10.0. The van der Waals surface area contributed by atoms with Gasteiger partial charge in [0.25, 0.3) is 5.91 Å². The van der Waals surface area contributed by atoms with Gasteiger partial charge in [-0.3, -0.25) is 4.79 Å². The molecule has 7 heteroatoms. The van der Waals surface area contributed by atoms with E-state index in [0.29, 0.717) is 15.6 Å². The second-order valence-electron chi connectivity index (χ2n) is 4.13. The van der Waals surface area contributed by atoms with Gasteiger partial charge in [-0.15, -0.1) is 11.3 Å². The van der Waals surface area contributed by atoms with Crippen LogP contribution in [0.5, 0.6) is 11.5 Å². The molecule has 0 aliphatic heterocycles. The molecule has 2 N–H and O–H groups in total. The number of nitrogens with zero attached hydrogens (tertiary/aromatic N) is 1. The quantitative estimate of drug-likeness (QED) is 0.669. The van der Waals surface area contributed by atoms with E-state index in [4.69, 9.17) is 16.3 Å². The Labute approximate surface area is 130 Å². The van der Waals surface area contributed by atoms with E-state index in [9.17, 15) is 9.90 Å². The molecule has 0 fully saturated rings. The van der Waals surface area contributed by atoms with Crippen molar-refractivity contribution < 1.29 is 14.6 Å². The fourth-order valence-electron chi connectivity index (χ4n) is 1.58. The molecular weight excluding hydrogens is 312 g/mol. The third-order valence-corrected chi connectivity index (χ3v) is 4.04. The van der Waals surface area contributed by atoms with Crippen molar-refractivity contribution >= 4 is 34.6 Å². The topological polar surface area (TPSA) is 70.9 Å². The molecule has 0 radical (unpaired) electrons. The van der Waals surface area contributed by atoms with Gasteiger partial charge in [-0.1, -0.05) is 11.6 Å². The molecule has 2 aromatic rings. The van der Waals surface area contributed by atoms with E-state index < -0.39 is 5.91 Å². The fourth-order valence-corrected chi connectivity index (χ4v) is 2.57. The Morgan fingerprint density at radius 2 is 2.14 bits per heavy atom. The second kappa shape index (κ2) is 6.60. The summed E-state index contributed by atoms with van der Waals surface area (Å²) in [6, 6.07) is 7.93. The number of hydrogen-bond donors (Lipinski definition) is 2. The molecule has 21 heavy (non-hydrogen) atoms. The number of amides is 1. The molecule has 1 aromatic carbocycles. The maximum absolute atomic E-state index is 12.0. The third kappa shape index (κ3) is 3.74. The molecule has 0 atom stereocenters. The van der Waals surface area contributed by atoms with E-state index in [1.807, 2.05) is 6.07 Å². The molecule has 0 aliphatic carbocycles. The molecule has 0 saturated carbocycles. The summed E-state index contributed by atoms with van der Waals surface area (Å²) >= 11 is 7.23. The molecule has 0 aliphatic rings. The highest BCUT2D eigenvalue weighted by Gasteiger charge is 2.09. The van der Waals surface area contributed by atoms with Crippen LogP contribution in [0.2, 0.25) is 4.34 Å². The predicted molar refractivity (Wildman–Crippen MR) is 83.7 cm³/mol. The summed E-state index contributed by atoms with van der Waals surface area (Å²) < 4.78 is 5.62. The highest BCUT2D eigenvalue weighted by Crippen LogP contribution is 2.26.